The van der Waals surface area contributed by atoms with Crippen molar-refractivity contribution in [1.29, 1.82) is 0 Å². The highest BCUT2D eigenvalue weighted by atomic mass is 35.5. The molecule has 2 rings (SSSR count). The third kappa shape index (κ3) is 3.29. The third-order valence-electron chi connectivity index (χ3n) is 3.07. The average Bonchev–Trinajstić information content (AvgIpc) is 2.22. The van der Waals surface area contributed by atoms with Gasteiger partial charge in [-0.3, -0.25) is 0 Å². The van der Waals surface area contributed by atoms with E-state index in [9.17, 15) is 0 Å². The molecule has 1 unspecified atom stereocenters. The lowest BCUT2D eigenvalue weighted by atomic mass is 9.87. The molecule has 1 fully saturated rings. The van der Waals surface area contributed by atoms with Crippen molar-refractivity contribution < 1.29 is 0 Å². The molecular formula is C13H19ClN2S. The summed E-state index contributed by atoms with van der Waals surface area (Å²) >= 11 is 8.15. The fraction of sp³-hybridized carbons (Fsp3) is 0.615. The van der Waals surface area contributed by atoms with E-state index in [0.717, 1.165) is 11.4 Å². The number of pyridine rings is 1. The molecule has 0 amide bonds. The van der Waals surface area contributed by atoms with Gasteiger partial charge in [0.1, 0.15) is 0 Å². The molecule has 2 heterocycles. The van der Waals surface area contributed by atoms with Crippen LogP contribution in [0.1, 0.15) is 25.8 Å². The summed E-state index contributed by atoms with van der Waals surface area (Å²) in [5.41, 5.74) is 2.57. The van der Waals surface area contributed by atoms with E-state index < -0.39 is 0 Å². The quantitative estimate of drug-likeness (QED) is 0.823. The Kier molecular flexibility index (Phi) is 3.88. The second kappa shape index (κ2) is 5.07. The maximum absolute atomic E-state index is 6.14. The van der Waals surface area contributed by atoms with E-state index >= 15 is 0 Å². The summed E-state index contributed by atoms with van der Waals surface area (Å²) in [6.07, 6.45) is 2.94. The summed E-state index contributed by atoms with van der Waals surface area (Å²) in [6.45, 7) is 6.72. The Balaban J connectivity index is 2.10. The molecule has 0 spiro atoms. The molecule has 0 aromatic carbocycles. The summed E-state index contributed by atoms with van der Waals surface area (Å²) in [6, 6.07) is 2.49. The van der Waals surface area contributed by atoms with Crippen LogP contribution in [0.4, 0.5) is 5.69 Å². The number of aryl methyl sites for hydroxylation is 1. The first-order valence-electron chi connectivity index (χ1n) is 5.93. The van der Waals surface area contributed by atoms with Crippen LogP contribution in [0.5, 0.6) is 0 Å². The van der Waals surface area contributed by atoms with Crippen LogP contribution < -0.4 is 5.32 Å². The minimum absolute atomic E-state index is 0.406. The van der Waals surface area contributed by atoms with Gasteiger partial charge in [0.2, 0.25) is 0 Å². The maximum Gasteiger partial charge on any atom is 0.152 e. The van der Waals surface area contributed by atoms with Crippen LogP contribution in [-0.2, 0) is 0 Å². The topological polar surface area (TPSA) is 24.9 Å². The van der Waals surface area contributed by atoms with E-state index in [0.29, 0.717) is 16.6 Å². The molecule has 4 heteroatoms. The van der Waals surface area contributed by atoms with Crippen molar-refractivity contribution in [2.75, 3.05) is 16.8 Å². The van der Waals surface area contributed by atoms with Crippen LogP contribution in [-0.4, -0.2) is 22.5 Å². The minimum atomic E-state index is 0.406. The third-order valence-corrected chi connectivity index (χ3v) is 4.98. The summed E-state index contributed by atoms with van der Waals surface area (Å²) in [5.74, 6) is 2.39. The SMILES string of the molecule is Cc1ccnc(Cl)c1NC1CSCC(C)(C)C1. The van der Waals surface area contributed by atoms with Crippen molar-refractivity contribution in [3.63, 3.8) is 0 Å². The van der Waals surface area contributed by atoms with Gasteiger partial charge in [-0.1, -0.05) is 25.4 Å². The lowest BCUT2D eigenvalue weighted by Crippen LogP contribution is -2.35. The van der Waals surface area contributed by atoms with Gasteiger partial charge in [0.05, 0.1) is 5.69 Å². The van der Waals surface area contributed by atoms with E-state index in [1.165, 1.54) is 17.7 Å². The molecule has 1 aromatic rings. The fourth-order valence-electron chi connectivity index (χ4n) is 2.26. The zero-order valence-corrected chi connectivity index (χ0v) is 12.2. The van der Waals surface area contributed by atoms with E-state index in [2.05, 4.69) is 31.1 Å². The standard InChI is InChI=1S/C13H19ClN2S/c1-9-4-5-15-12(14)11(9)16-10-6-13(2,3)8-17-7-10/h4-5,10,16H,6-8H2,1-3H3. The Bertz CT molecular complexity index is 386. The van der Waals surface area contributed by atoms with Gasteiger partial charge < -0.3 is 5.32 Å². The van der Waals surface area contributed by atoms with Crippen molar-refractivity contribution in [3.8, 4) is 0 Å². The largest absolute Gasteiger partial charge is 0.379 e. The van der Waals surface area contributed by atoms with E-state index in [-0.39, 0.29) is 0 Å². The van der Waals surface area contributed by atoms with Gasteiger partial charge in [0.25, 0.3) is 0 Å². The maximum atomic E-state index is 6.14. The average molecular weight is 271 g/mol. The van der Waals surface area contributed by atoms with Crippen LogP contribution in [0.25, 0.3) is 0 Å². The van der Waals surface area contributed by atoms with Gasteiger partial charge in [0.15, 0.2) is 5.15 Å². The first kappa shape index (κ1) is 13.0. The molecule has 1 atom stereocenters. The Morgan fingerprint density at radius 2 is 2.29 bits per heavy atom. The van der Waals surface area contributed by atoms with E-state index in [1.807, 2.05) is 17.8 Å². The molecule has 1 saturated heterocycles. The molecule has 0 bridgehead atoms. The number of halogens is 1. The minimum Gasteiger partial charge on any atom is -0.379 e. The molecule has 0 aliphatic carbocycles. The van der Waals surface area contributed by atoms with Gasteiger partial charge in [-0.15, -0.1) is 0 Å². The number of hydrogen-bond donors (Lipinski definition) is 1. The zero-order chi connectivity index (χ0) is 12.5. The lowest BCUT2D eigenvalue weighted by molar-refractivity contribution is 0.358. The second-order valence-corrected chi connectivity index (χ2v) is 6.91. The second-order valence-electron chi connectivity index (χ2n) is 5.52. The van der Waals surface area contributed by atoms with Gasteiger partial charge >= 0.3 is 0 Å². The molecule has 1 aliphatic heterocycles. The monoisotopic (exact) mass is 270 g/mol. The molecule has 17 heavy (non-hydrogen) atoms. The van der Waals surface area contributed by atoms with Crippen molar-refractivity contribution in [3.05, 3.63) is 23.0 Å². The Labute approximate surface area is 113 Å². The van der Waals surface area contributed by atoms with Crippen molar-refractivity contribution in [2.45, 2.75) is 33.2 Å². The van der Waals surface area contributed by atoms with Gasteiger partial charge in [-0.05, 0) is 36.1 Å². The number of aromatic nitrogens is 1. The number of nitrogens with zero attached hydrogens (tertiary/aromatic N) is 1. The Morgan fingerprint density at radius 3 is 2.94 bits per heavy atom. The summed E-state index contributed by atoms with van der Waals surface area (Å²) in [4.78, 5) is 4.14. The lowest BCUT2D eigenvalue weighted by Gasteiger charge is -2.35. The number of rotatable bonds is 2. The predicted octanol–water partition coefficient (Wildman–Crippen LogP) is 3.99. The van der Waals surface area contributed by atoms with Crippen LogP contribution >= 0.6 is 23.4 Å². The molecule has 0 radical (unpaired) electrons. The van der Waals surface area contributed by atoms with Gasteiger partial charge in [0, 0.05) is 18.0 Å². The van der Waals surface area contributed by atoms with Crippen molar-refractivity contribution in [2.24, 2.45) is 5.41 Å². The molecule has 94 valence electrons. The van der Waals surface area contributed by atoms with Crippen LogP contribution in [0.3, 0.4) is 0 Å². The highest BCUT2D eigenvalue weighted by Crippen LogP contribution is 2.35. The van der Waals surface area contributed by atoms with Gasteiger partial charge in [-0.25, -0.2) is 4.98 Å². The molecule has 2 nitrogen and oxygen atoms in total. The van der Waals surface area contributed by atoms with Crippen molar-refractivity contribution in [1.82, 2.24) is 4.98 Å². The molecule has 1 N–H and O–H groups in total. The molecule has 1 aliphatic rings. The Hall–Kier alpha value is -0.410. The van der Waals surface area contributed by atoms with E-state index in [1.54, 1.807) is 6.20 Å². The number of nitrogens with one attached hydrogen (secondary N) is 1. The Morgan fingerprint density at radius 1 is 1.53 bits per heavy atom. The zero-order valence-electron chi connectivity index (χ0n) is 10.6. The number of thioether (sulfide) groups is 1. The normalized spacial score (nSPS) is 23.4. The first-order chi connectivity index (χ1) is 7.98. The summed E-state index contributed by atoms with van der Waals surface area (Å²) in [7, 11) is 0. The smallest absolute Gasteiger partial charge is 0.152 e. The van der Waals surface area contributed by atoms with Gasteiger partial charge in [-0.2, -0.15) is 11.8 Å². The molecule has 0 saturated carbocycles. The van der Waals surface area contributed by atoms with Crippen molar-refractivity contribution >= 4 is 29.1 Å². The summed E-state index contributed by atoms with van der Waals surface area (Å²) < 4.78 is 0. The number of anilines is 1. The van der Waals surface area contributed by atoms with E-state index in [4.69, 9.17) is 11.6 Å². The molecular weight excluding hydrogens is 252 g/mol. The summed E-state index contributed by atoms with van der Waals surface area (Å²) in [5, 5.41) is 4.14. The van der Waals surface area contributed by atoms with Crippen LogP contribution in [0.15, 0.2) is 12.3 Å². The molecule has 1 aromatic heterocycles. The highest BCUT2D eigenvalue weighted by Gasteiger charge is 2.28. The predicted molar refractivity (Wildman–Crippen MR) is 77.1 cm³/mol. The van der Waals surface area contributed by atoms with Crippen LogP contribution in [0, 0.1) is 12.3 Å². The highest BCUT2D eigenvalue weighted by molar-refractivity contribution is 7.99. The van der Waals surface area contributed by atoms with Crippen LogP contribution in [0.2, 0.25) is 5.15 Å². The number of hydrogen-bond acceptors (Lipinski definition) is 3. The first-order valence-corrected chi connectivity index (χ1v) is 7.47. The fourth-order valence-corrected chi connectivity index (χ4v) is 3.79.